The van der Waals surface area contributed by atoms with E-state index in [2.05, 4.69) is 15.4 Å². The molecule has 0 bridgehead atoms. The van der Waals surface area contributed by atoms with Crippen molar-refractivity contribution in [2.75, 3.05) is 26.2 Å². The molecule has 3 heterocycles. The molecular weight excluding hydrogens is 528 g/mol. The van der Waals surface area contributed by atoms with Crippen LogP contribution >= 0.6 is 0 Å². The summed E-state index contributed by atoms with van der Waals surface area (Å²) in [6.07, 6.45) is 2.17. The third-order valence-corrected chi connectivity index (χ3v) is 6.41. The first-order valence-electron chi connectivity index (χ1n) is 13.4. The zero-order valence-corrected chi connectivity index (χ0v) is 23.3. The van der Waals surface area contributed by atoms with Gasteiger partial charge in [0.15, 0.2) is 5.82 Å². The maximum Gasteiger partial charge on any atom is 0.407 e. The smallest absolute Gasteiger partial charge is 0.407 e. The summed E-state index contributed by atoms with van der Waals surface area (Å²) in [7, 11) is 0. The van der Waals surface area contributed by atoms with E-state index in [9.17, 15) is 24.3 Å². The van der Waals surface area contributed by atoms with Crippen molar-refractivity contribution in [1.29, 1.82) is 0 Å². The first-order valence-corrected chi connectivity index (χ1v) is 13.4. The molecule has 3 amide bonds. The van der Waals surface area contributed by atoms with Gasteiger partial charge in [-0.3, -0.25) is 14.4 Å². The van der Waals surface area contributed by atoms with E-state index in [0.717, 1.165) is 11.1 Å². The van der Waals surface area contributed by atoms with Crippen molar-refractivity contribution in [2.45, 2.75) is 45.3 Å². The van der Waals surface area contributed by atoms with Gasteiger partial charge in [-0.15, -0.1) is 0 Å². The van der Waals surface area contributed by atoms with Crippen molar-refractivity contribution in [3.8, 4) is 16.9 Å². The second-order valence-electron chi connectivity index (χ2n) is 10.7. The molecule has 0 unspecified atom stereocenters. The monoisotopic (exact) mass is 562 g/mol. The van der Waals surface area contributed by atoms with Crippen molar-refractivity contribution in [2.24, 2.45) is 0 Å². The van der Waals surface area contributed by atoms with E-state index in [1.807, 2.05) is 36.4 Å². The highest BCUT2D eigenvalue weighted by atomic mass is 16.6. The summed E-state index contributed by atoms with van der Waals surface area (Å²) in [4.78, 5) is 58.1. The number of benzene rings is 1. The van der Waals surface area contributed by atoms with E-state index in [4.69, 9.17) is 4.74 Å². The number of esters is 1. The van der Waals surface area contributed by atoms with E-state index in [-0.39, 0.29) is 44.7 Å². The highest BCUT2D eigenvalue weighted by Crippen LogP contribution is 2.22. The molecule has 12 heteroatoms. The first kappa shape index (κ1) is 29.2. The van der Waals surface area contributed by atoms with Crippen molar-refractivity contribution in [1.82, 2.24) is 29.9 Å². The lowest BCUT2D eigenvalue weighted by atomic mass is 10.0. The van der Waals surface area contributed by atoms with Crippen LogP contribution in [-0.4, -0.2) is 91.4 Å². The molecule has 2 aromatic heterocycles. The standard InChI is InChI=1S/C29H34N6O6/c1-29(2,3)41-25(36)11-10-22(27(38)33-14-16-34(17-15-33)28(39)40)32-26(37)23-18-21(20-8-5-4-6-9-20)19-24(31-23)35-13-7-12-30-35/h4-9,12-13,18-19,22H,10-11,14-17H2,1-3H3,(H,32,37)(H,39,40)/t22-/m0/s1. The predicted octanol–water partition coefficient (Wildman–Crippen LogP) is 2.98. The quantitative estimate of drug-likeness (QED) is 0.399. The van der Waals surface area contributed by atoms with E-state index in [1.165, 1.54) is 14.5 Å². The van der Waals surface area contributed by atoms with E-state index in [1.54, 1.807) is 45.3 Å². The van der Waals surface area contributed by atoms with Gasteiger partial charge in [0.05, 0.1) is 0 Å². The molecule has 0 spiro atoms. The number of carboxylic acid groups (broad SMARTS) is 1. The molecule has 1 aliphatic heterocycles. The fourth-order valence-electron chi connectivity index (χ4n) is 4.43. The molecule has 1 aliphatic rings. The van der Waals surface area contributed by atoms with Crippen LogP contribution in [0.15, 0.2) is 60.9 Å². The van der Waals surface area contributed by atoms with Crippen LogP contribution in [0.4, 0.5) is 4.79 Å². The van der Waals surface area contributed by atoms with Gasteiger partial charge in [0, 0.05) is 45.0 Å². The summed E-state index contributed by atoms with van der Waals surface area (Å²) in [6.45, 7) is 5.91. The lowest BCUT2D eigenvalue weighted by Gasteiger charge is -2.35. The number of rotatable bonds is 8. The molecule has 216 valence electrons. The summed E-state index contributed by atoms with van der Waals surface area (Å²) < 4.78 is 6.93. The molecule has 12 nitrogen and oxygen atoms in total. The van der Waals surface area contributed by atoms with Crippen LogP contribution in [0.25, 0.3) is 16.9 Å². The van der Waals surface area contributed by atoms with Crippen molar-refractivity contribution in [3.63, 3.8) is 0 Å². The van der Waals surface area contributed by atoms with Gasteiger partial charge < -0.3 is 25.0 Å². The molecule has 0 saturated carbocycles. The summed E-state index contributed by atoms with van der Waals surface area (Å²) in [5.74, 6) is -1.07. The SMILES string of the molecule is CC(C)(C)OC(=O)CC[C@H](NC(=O)c1cc(-c2ccccc2)cc(-n2cccn2)n1)C(=O)N1CCN(C(=O)O)CC1. The second kappa shape index (κ2) is 12.6. The molecule has 1 atom stereocenters. The number of pyridine rings is 1. The average Bonchev–Trinajstić information content (AvgIpc) is 3.49. The number of nitrogens with zero attached hydrogens (tertiary/aromatic N) is 5. The zero-order valence-electron chi connectivity index (χ0n) is 23.3. The molecule has 3 aromatic rings. The van der Waals surface area contributed by atoms with Crippen molar-refractivity contribution in [3.05, 3.63) is 66.6 Å². The number of hydrogen-bond acceptors (Lipinski definition) is 7. The van der Waals surface area contributed by atoms with Crippen LogP contribution in [0.2, 0.25) is 0 Å². The molecule has 1 aromatic carbocycles. The Balaban J connectivity index is 1.59. The summed E-state index contributed by atoms with van der Waals surface area (Å²) in [6, 6.07) is 13.6. The van der Waals surface area contributed by atoms with Crippen molar-refractivity contribution >= 4 is 23.9 Å². The molecule has 41 heavy (non-hydrogen) atoms. The topological polar surface area (TPSA) is 147 Å². The Morgan fingerprint density at radius 3 is 2.27 bits per heavy atom. The second-order valence-corrected chi connectivity index (χ2v) is 10.7. The Kier molecular flexibility index (Phi) is 9.00. The van der Waals surface area contributed by atoms with Gasteiger partial charge in [0.1, 0.15) is 17.3 Å². The normalized spacial score (nSPS) is 14.3. The third kappa shape index (κ3) is 7.90. The van der Waals surface area contributed by atoms with Gasteiger partial charge in [-0.25, -0.2) is 14.5 Å². The number of piperazine rings is 1. The first-order chi connectivity index (χ1) is 19.5. The number of ether oxygens (including phenoxy) is 1. The van der Waals surface area contributed by atoms with Crippen LogP contribution in [0, 0.1) is 0 Å². The average molecular weight is 563 g/mol. The van der Waals surface area contributed by atoms with Gasteiger partial charge >= 0.3 is 12.1 Å². The minimum absolute atomic E-state index is 0.00300. The highest BCUT2D eigenvalue weighted by Gasteiger charge is 2.31. The number of carbonyl (C=O) groups excluding carboxylic acids is 3. The Hall–Kier alpha value is -4.74. The van der Waals surface area contributed by atoms with Crippen LogP contribution in [0.5, 0.6) is 0 Å². The summed E-state index contributed by atoms with van der Waals surface area (Å²) in [5.41, 5.74) is 0.976. The van der Waals surface area contributed by atoms with Gasteiger partial charge in [0.25, 0.3) is 5.91 Å². The number of hydrogen-bond donors (Lipinski definition) is 2. The van der Waals surface area contributed by atoms with Crippen LogP contribution in [0.1, 0.15) is 44.1 Å². The summed E-state index contributed by atoms with van der Waals surface area (Å²) >= 11 is 0. The van der Waals surface area contributed by atoms with E-state index >= 15 is 0 Å². The molecule has 1 saturated heterocycles. The Morgan fingerprint density at radius 2 is 1.66 bits per heavy atom. The number of amides is 3. The largest absolute Gasteiger partial charge is 0.465 e. The Bertz CT molecular complexity index is 1380. The van der Waals surface area contributed by atoms with Gasteiger partial charge in [-0.1, -0.05) is 30.3 Å². The maximum absolute atomic E-state index is 13.6. The highest BCUT2D eigenvalue weighted by molar-refractivity contribution is 5.97. The number of carbonyl (C=O) groups is 4. The van der Waals surface area contributed by atoms with Gasteiger partial charge in [0.2, 0.25) is 5.91 Å². The molecule has 1 fully saturated rings. The Morgan fingerprint density at radius 1 is 0.976 bits per heavy atom. The van der Waals surface area contributed by atoms with E-state index in [0.29, 0.717) is 5.82 Å². The van der Waals surface area contributed by atoms with Crippen LogP contribution in [-0.2, 0) is 14.3 Å². The van der Waals surface area contributed by atoms with Gasteiger partial charge in [-0.2, -0.15) is 5.10 Å². The maximum atomic E-state index is 13.6. The van der Waals surface area contributed by atoms with Crippen LogP contribution < -0.4 is 5.32 Å². The fraction of sp³-hybridized carbons (Fsp3) is 0.379. The Labute approximate surface area is 237 Å². The zero-order chi connectivity index (χ0) is 29.6. The molecular formula is C29H34N6O6. The minimum atomic E-state index is -1.05. The fourth-order valence-corrected chi connectivity index (χ4v) is 4.43. The number of aromatic nitrogens is 3. The predicted molar refractivity (Wildman–Crippen MR) is 149 cm³/mol. The molecule has 2 N–H and O–H groups in total. The van der Waals surface area contributed by atoms with Crippen LogP contribution in [0.3, 0.4) is 0 Å². The van der Waals surface area contributed by atoms with E-state index < -0.39 is 35.5 Å². The molecule has 0 aliphatic carbocycles. The molecule has 0 radical (unpaired) electrons. The summed E-state index contributed by atoms with van der Waals surface area (Å²) in [5, 5.41) is 16.3. The number of nitrogens with one attached hydrogen (secondary N) is 1. The van der Waals surface area contributed by atoms with Crippen molar-refractivity contribution < 1.29 is 29.0 Å². The minimum Gasteiger partial charge on any atom is -0.465 e. The third-order valence-electron chi connectivity index (χ3n) is 6.41. The van der Waals surface area contributed by atoms with Gasteiger partial charge in [-0.05, 0) is 56.5 Å². The molecule has 4 rings (SSSR count). The lowest BCUT2D eigenvalue weighted by molar-refractivity contribution is -0.155. The lowest BCUT2D eigenvalue weighted by Crippen LogP contribution is -2.55.